The van der Waals surface area contributed by atoms with Crippen LogP contribution in [-0.4, -0.2) is 18.9 Å². The van der Waals surface area contributed by atoms with Gasteiger partial charge in [-0.3, -0.25) is 9.59 Å². The molecule has 0 atom stereocenters. The van der Waals surface area contributed by atoms with Gasteiger partial charge in [0, 0.05) is 34.4 Å². The van der Waals surface area contributed by atoms with Crippen LogP contribution in [0, 0.1) is 0 Å². The lowest BCUT2D eigenvalue weighted by atomic mass is 10.1. The lowest BCUT2D eigenvalue weighted by molar-refractivity contribution is -0.120. The van der Waals surface area contributed by atoms with Gasteiger partial charge >= 0.3 is 0 Å². The van der Waals surface area contributed by atoms with Crippen molar-refractivity contribution < 1.29 is 9.59 Å². The number of anilines is 1. The highest BCUT2D eigenvalue weighted by Gasteiger charge is 2.04. The maximum absolute atomic E-state index is 12.0. The first-order valence-corrected chi connectivity index (χ1v) is 7.98. The van der Waals surface area contributed by atoms with Crippen molar-refractivity contribution in [3.05, 3.63) is 69.7 Å². The van der Waals surface area contributed by atoms with Crippen LogP contribution in [-0.2, 0) is 16.0 Å². The summed E-state index contributed by atoms with van der Waals surface area (Å²) in [5, 5.41) is 6.25. The number of amides is 2. The molecule has 0 heterocycles. The van der Waals surface area contributed by atoms with Gasteiger partial charge in [-0.15, -0.1) is 0 Å². The predicted molar refractivity (Wildman–Crippen MR) is 98.3 cm³/mol. The van der Waals surface area contributed by atoms with Crippen molar-refractivity contribution >= 4 is 46.8 Å². The maximum atomic E-state index is 12.0. The molecule has 0 unspecified atom stereocenters. The Morgan fingerprint density at radius 1 is 1.04 bits per heavy atom. The van der Waals surface area contributed by atoms with Gasteiger partial charge in [0.25, 0.3) is 0 Å². The lowest BCUT2D eigenvalue weighted by Gasteiger charge is -2.05. The Balaban J connectivity index is 1.99. The molecule has 2 N–H and O–H groups in total. The molecule has 0 aromatic heterocycles. The Kier molecular flexibility index (Phi) is 6.41. The van der Waals surface area contributed by atoms with Crippen LogP contribution < -0.4 is 10.6 Å². The number of carbonyl (C=O) groups is 2. The fraction of sp³-hybridized carbons (Fsp3) is 0.111. The van der Waals surface area contributed by atoms with Crippen molar-refractivity contribution in [2.45, 2.75) is 6.42 Å². The highest BCUT2D eigenvalue weighted by atomic mass is 35.5. The van der Waals surface area contributed by atoms with Gasteiger partial charge in [-0.2, -0.15) is 0 Å². The van der Waals surface area contributed by atoms with Crippen LogP contribution in [0.25, 0.3) is 6.08 Å². The second-order valence-corrected chi connectivity index (χ2v) is 5.82. The lowest BCUT2D eigenvalue weighted by Crippen LogP contribution is -2.19. The van der Waals surface area contributed by atoms with E-state index >= 15 is 0 Å². The van der Waals surface area contributed by atoms with Crippen molar-refractivity contribution in [2.24, 2.45) is 0 Å². The molecule has 0 aliphatic heterocycles. The largest absolute Gasteiger partial charge is 0.359 e. The Bertz CT molecular complexity index is 751. The first kappa shape index (κ1) is 18.0. The van der Waals surface area contributed by atoms with Crippen molar-refractivity contribution in [2.75, 3.05) is 12.4 Å². The van der Waals surface area contributed by atoms with Gasteiger partial charge in [-0.05, 0) is 35.9 Å². The van der Waals surface area contributed by atoms with Crippen LogP contribution in [0.5, 0.6) is 0 Å². The molecule has 0 aliphatic rings. The summed E-state index contributed by atoms with van der Waals surface area (Å²) in [4.78, 5) is 23.3. The Morgan fingerprint density at radius 2 is 1.67 bits per heavy atom. The van der Waals surface area contributed by atoms with Crippen LogP contribution in [0.2, 0.25) is 10.0 Å². The summed E-state index contributed by atoms with van der Waals surface area (Å²) in [6, 6.07) is 12.2. The number of hydrogen-bond acceptors (Lipinski definition) is 2. The van der Waals surface area contributed by atoms with Crippen LogP contribution in [0.1, 0.15) is 11.1 Å². The molecule has 2 aromatic rings. The number of rotatable bonds is 5. The molecule has 6 heteroatoms. The number of nitrogens with one attached hydrogen (secondary N) is 2. The molecule has 0 bridgehead atoms. The Hall–Kier alpha value is -2.30. The van der Waals surface area contributed by atoms with E-state index in [-0.39, 0.29) is 11.8 Å². The topological polar surface area (TPSA) is 58.2 Å². The van der Waals surface area contributed by atoms with Crippen molar-refractivity contribution in [1.82, 2.24) is 5.32 Å². The molecule has 2 amide bonds. The molecule has 0 radical (unpaired) electrons. The van der Waals surface area contributed by atoms with E-state index in [0.717, 1.165) is 5.56 Å². The monoisotopic (exact) mass is 362 g/mol. The fourth-order valence-electron chi connectivity index (χ4n) is 1.99. The van der Waals surface area contributed by atoms with E-state index in [1.165, 1.54) is 6.08 Å². The summed E-state index contributed by atoms with van der Waals surface area (Å²) < 4.78 is 0. The first-order chi connectivity index (χ1) is 11.5. The van der Waals surface area contributed by atoms with Crippen LogP contribution in [0.15, 0.2) is 48.5 Å². The molecule has 0 aliphatic carbocycles. The Morgan fingerprint density at radius 3 is 2.25 bits per heavy atom. The summed E-state index contributed by atoms with van der Waals surface area (Å²) in [7, 11) is 1.59. The second kappa shape index (κ2) is 8.52. The zero-order chi connectivity index (χ0) is 17.5. The SMILES string of the molecule is CNC(=O)Cc1ccc(NC(=O)/C=C/c2c(Cl)cccc2Cl)cc1. The van der Waals surface area contributed by atoms with E-state index in [4.69, 9.17) is 23.2 Å². The van der Waals surface area contributed by atoms with Crippen LogP contribution >= 0.6 is 23.2 Å². The maximum Gasteiger partial charge on any atom is 0.248 e. The zero-order valence-corrected chi connectivity index (χ0v) is 14.5. The minimum Gasteiger partial charge on any atom is -0.359 e. The summed E-state index contributed by atoms with van der Waals surface area (Å²) >= 11 is 12.1. The quantitative estimate of drug-likeness (QED) is 0.791. The summed E-state index contributed by atoms with van der Waals surface area (Å²) in [5.41, 5.74) is 2.10. The van der Waals surface area contributed by atoms with Gasteiger partial charge in [0.1, 0.15) is 0 Å². The van der Waals surface area contributed by atoms with Crippen molar-refractivity contribution in [3.8, 4) is 0 Å². The molecule has 0 saturated heterocycles. The van der Waals surface area contributed by atoms with Gasteiger partial charge in [0.05, 0.1) is 6.42 Å². The third-order valence-electron chi connectivity index (χ3n) is 3.27. The number of hydrogen-bond donors (Lipinski definition) is 2. The molecular formula is C18H16Cl2N2O2. The first-order valence-electron chi connectivity index (χ1n) is 7.22. The summed E-state index contributed by atoms with van der Waals surface area (Å²) in [6.07, 6.45) is 3.24. The van der Waals surface area contributed by atoms with Gasteiger partial charge < -0.3 is 10.6 Å². The molecule has 2 aromatic carbocycles. The minimum atomic E-state index is -0.301. The normalized spacial score (nSPS) is 10.6. The van der Waals surface area contributed by atoms with E-state index in [9.17, 15) is 9.59 Å². The zero-order valence-electron chi connectivity index (χ0n) is 13.0. The summed E-state index contributed by atoms with van der Waals surface area (Å²) in [5.74, 6) is -0.364. The third kappa shape index (κ3) is 5.11. The van der Waals surface area contributed by atoms with E-state index in [1.54, 1.807) is 55.6 Å². The van der Waals surface area contributed by atoms with Gasteiger partial charge in [0.15, 0.2) is 0 Å². The van der Waals surface area contributed by atoms with Gasteiger partial charge in [-0.25, -0.2) is 0 Å². The molecule has 0 spiro atoms. The minimum absolute atomic E-state index is 0.0636. The Labute approximate surface area is 150 Å². The molecular weight excluding hydrogens is 347 g/mol. The molecule has 2 rings (SSSR count). The molecule has 124 valence electrons. The van der Waals surface area contributed by atoms with Crippen molar-refractivity contribution in [3.63, 3.8) is 0 Å². The van der Waals surface area contributed by atoms with Gasteiger partial charge in [0.2, 0.25) is 11.8 Å². The van der Waals surface area contributed by atoms with E-state index in [1.807, 2.05) is 0 Å². The van der Waals surface area contributed by atoms with Crippen molar-refractivity contribution in [1.29, 1.82) is 0 Å². The number of halogens is 2. The average Bonchev–Trinajstić information content (AvgIpc) is 2.56. The third-order valence-corrected chi connectivity index (χ3v) is 3.93. The molecule has 4 nitrogen and oxygen atoms in total. The fourth-order valence-corrected chi connectivity index (χ4v) is 2.52. The predicted octanol–water partition coefficient (Wildman–Crippen LogP) is 3.93. The number of likely N-dealkylation sites (N-methyl/N-ethyl adjacent to an activating group) is 1. The van der Waals surface area contributed by atoms with E-state index in [0.29, 0.717) is 27.7 Å². The van der Waals surface area contributed by atoms with Gasteiger partial charge in [-0.1, -0.05) is 41.4 Å². The second-order valence-electron chi connectivity index (χ2n) is 5.00. The highest BCUT2D eigenvalue weighted by molar-refractivity contribution is 6.37. The highest BCUT2D eigenvalue weighted by Crippen LogP contribution is 2.25. The van der Waals surface area contributed by atoms with E-state index in [2.05, 4.69) is 10.6 Å². The molecule has 24 heavy (non-hydrogen) atoms. The van der Waals surface area contributed by atoms with Crippen LogP contribution in [0.3, 0.4) is 0 Å². The number of carbonyl (C=O) groups excluding carboxylic acids is 2. The summed E-state index contributed by atoms with van der Waals surface area (Å²) in [6.45, 7) is 0. The van der Waals surface area contributed by atoms with E-state index < -0.39 is 0 Å². The standard InChI is InChI=1S/C18H16Cl2N2O2/c1-21-18(24)11-12-5-7-13(8-6-12)22-17(23)10-9-14-15(19)3-2-4-16(14)20/h2-10H,11H2,1H3,(H,21,24)(H,22,23)/b10-9+. The van der Waals surface area contributed by atoms with Crippen LogP contribution in [0.4, 0.5) is 5.69 Å². The molecule has 0 saturated carbocycles. The molecule has 0 fully saturated rings. The average molecular weight is 363 g/mol. The smallest absolute Gasteiger partial charge is 0.248 e. The number of benzene rings is 2.